The molecule has 0 unspecified atom stereocenters. The molecule has 0 saturated carbocycles. The van der Waals surface area contributed by atoms with Crippen LogP contribution < -0.4 is 4.90 Å². The zero-order valence-electron chi connectivity index (χ0n) is 12.0. The Morgan fingerprint density at radius 3 is 2.70 bits per heavy atom. The van der Waals surface area contributed by atoms with Gasteiger partial charge in [0.2, 0.25) is 11.8 Å². The highest BCUT2D eigenvalue weighted by molar-refractivity contribution is 6.00. The Labute approximate surface area is 118 Å². The molecule has 108 valence electrons. The maximum Gasteiger partial charge on any atom is 0.249 e. The zero-order valence-corrected chi connectivity index (χ0v) is 12.0. The molecule has 0 aliphatic carbocycles. The van der Waals surface area contributed by atoms with Crippen LogP contribution in [0.15, 0.2) is 18.2 Å². The summed E-state index contributed by atoms with van der Waals surface area (Å²) in [6.07, 6.45) is 0.386. The molecule has 4 nitrogen and oxygen atoms in total. The normalized spacial score (nSPS) is 19.4. The number of hydrogen-bond donors (Lipinski definition) is 0. The Balaban J connectivity index is 2.22. The van der Waals surface area contributed by atoms with Gasteiger partial charge in [0.1, 0.15) is 11.9 Å². The lowest BCUT2D eigenvalue weighted by molar-refractivity contribution is -0.140. The summed E-state index contributed by atoms with van der Waals surface area (Å²) in [4.78, 5) is 27.3. The van der Waals surface area contributed by atoms with Gasteiger partial charge < -0.3 is 9.80 Å². The Bertz CT molecular complexity index is 545. The van der Waals surface area contributed by atoms with Crippen molar-refractivity contribution in [2.45, 2.75) is 33.2 Å². The summed E-state index contributed by atoms with van der Waals surface area (Å²) in [6, 6.07) is 4.27. The number of halogens is 1. The highest BCUT2D eigenvalue weighted by Crippen LogP contribution is 2.23. The number of amides is 2. The number of nitrogens with zero attached hydrogens (tertiary/aromatic N) is 2. The minimum absolute atomic E-state index is 0.0272. The molecular formula is C15H19FN2O2. The molecule has 0 N–H and O–H groups in total. The van der Waals surface area contributed by atoms with Gasteiger partial charge in [-0.3, -0.25) is 9.59 Å². The van der Waals surface area contributed by atoms with Crippen LogP contribution in [-0.4, -0.2) is 35.8 Å². The molecule has 1 atom stereocenters. The highest BCUT2D eigenvalue weighted by atomic mass is 19.1. The molecule has 20 heavy (non-hydrogen) atoms. The van der Waals surface area contributed by atoms with Gasteiger partial charge in [-0.15, -0.1) is 0 Å². The topological polar surface area (TPSA) is 40.6 Å². The Morgan fingerprint density at radius 1 is 1.40 bits per heavy atom. The quantitative estimate of drug-likeness (QED) is 0.831. The largest absolute Gasteiger partial charge is 0.329 e. The van der Waals surface area contributed by atoms with Gasteiger partial charge >= 0.3 is 0 Å². The highest BCUT2D eigenvalue weighted by Gasteiger charge is 2.34. The first-order valence-corrected chi connectivity index (χ1v) is 6.82. The number of carbonyl (C=O) groups excluding carboxylic acids is 2. The fourth-order valence-electron chi connectivity index (χ4n) is 2.42. The van der Waals surface area contributed by atoms with Gasteiger partial charge in [0.15, 0.2) is 0 Å². The minimum atomic E-state index is -0.499. The van der Waals surface area contributed by atoms with Crippen LogP contribution >= 0.6 is 0 Å². The molecule has 1 saturated heterocycles. The van der Waals surface area contributed by atoms with Gasteiger partial charge in [-0.25, -0.2) is 4.39 Å². The van der Waals surface area contributed by atoms with E-state index in [-0.39, 0.29) is 17.6 Å². The lowest BCUT2D eigenvalue weighted by Gasteiger charge is -2.39. The van der Waals surface area contributed by atoms with Crippen LogP contribution in [0.5, 0.6) is 0 Å². The monoisotopic (exact) mass is 278 g/mol. The molecular weight excluding hydrogens is 259 g/mol. The zero-order chi connectivity index (χ0) is 14.9. The predicted molar refractivity (Wildman–Crippen MR) is 75.0 cm³/mol. The predicted octanol–water partition coefficient (Wildman–Crippen LogP) is 2.11. The van der Waals surface area contributed by atoms with Crippen LogP contribution in [0.2, 0.25) is 0 Å². The van der Waals surface area contributed by atoms with E-state index in [0.717, 1.165) is 0 Å². The minimum Gasteiger partial charge on any atom is -0.329 e. The fourth-order valence-corrected chi connectivity index (χ4v) is 2.42. The summed E-state index contributed by atoms with van der Waals surface area (Å²) in [5, 5.41) is 0. The third kappa shape index (κ3) is 2.53. The summed E-state index contributed by atoms with van der Waals surface area (Å²) in [6.45, 7) is 6.06. The van der Waals surface area contributed by atoms with E-state index in [1.165, 1.54) is 6.07 Å². The molecule has 1 aromatic carbocycles. The maximum absolute atomic E-state index is 13.6. The van der Waals surface area contributed by atoms with E-state index in [9.17, 15) is 14.0 Å². The lowest BCUT2D eigenvalue weighted by Crippen LogP contribution is -2.57. The van der Waals surface area contributed by atoms with Crippen molar-refractivity contribution < 1.29 is 14.0 Å². The van der Waals surface area contributed by atoms with Crippen molar-refractivity contribution in [3.63, 3.8) is 0 Å². The fraction of sp³-hybridized carbons (Fsp3) is 0.467. The Hall–Kier alpha value is -1.91. The molecule has 2 rings (SSSR count). The number of hydrogen-bond acceptors (Lipinski definition) is 2. The van der Waals surface area contributed by atoms with E-state index >= 15 is 0 Å². The SMILES string of the molecule is CCC(=O)N1CCN(c2ccc(C)c(F)c2)C(=O)[C@@H]1C. The smallest absolute Gasteiger partial charge is 0.249 e. The molecule has 5 heteroatoms. The summed E-state index contributed by atoms with van der Waals surface area (Å²) < 4.78 is 13.6. The molecule has 2 amide bonds. The van der Waals surface area contributed by atoms with E-state index in [2.05, 4.69) is 0 Å². The van der Waals surface area contributed by atoms with Crippen molar-refractivity contribution in [1.82, 2.24) is 4.90 Å². The summed E-state index contributed by atoms with van der Waals surface area (Å²) in [7, 11) is 0. The number of piperazine rings is 1. The molecule has 0 spiro atoms. The second kappa shape index (κ2) is 5.61. The molecule has 0 radical (unpaired) electrons. The van der Waals surface area contributed by atoms with Gasteiger partial charge in [-0.1, -0.05) is 13.0 Å². The van der Waals surface area contributed by atoms with Gasteiger partial charge in [-0.05, 0) is 31.5 Å². The Kier molecular flexibility index (Phi) is 4.06. The average Bonchev–Trinajstić information content (AvgIpc) is 2.44. The second-order valence-electron chi connectivity index (χ2n) is 5.04. The molecule has 1 fully saturated rings. The van der Waals surface area contributed by atoms with Crippen LogP contribution in [0.3, 0.4) is 0 Å². The van der Waals surface area contributed by atoms with Crippen LogP contribution in [0.4, 0.5) is 10.1 Å². The number of carbonyl (C=O) groups is 2. The van der Waals surface area contributed by atoms with E-state index in [1.54, 1.807) is 42.7 Å². The van der Waals surface area contributed by atoms with E-state index < -0.39 is 6.04 Å². The van der Waals surface area contributed by atoms with Crippen molar-refractivity contribution >= 4 is 17.5 Å². The first-order valence-electron chi connectivity index (χ1n) is 6.82. The molecule has 1 aromatic rings. The van der Waals surface area contributed by atoms with E-state index in [0.29, 0.717) is 30.8 Å². The number of anilines is 1. The number of benzene rings is 1. The summed E-state index contributed by atoms with van der Waals surface area (Å²) in [5.74, 6) is -0.517. The number of aryl methyl sites for hydroxylation is 1. The van der Waals surface area contributed by atoms with Crippen LogP contribution in [-0.2, 0) is 9.59 Å². The summed E-state index contributed by atoms with van der Waals surface area (Å²) in [5.41, 5.74) is 1.10. The first kappa shape index (κ1) is 14.5. The third-order valence-corrected chi connectivity index (χ3v) is 3.75. The van der Waals surface area contributed by atoms with Crippen LogP contribution in [0.25, 0.3) is 0 Å². The molecule has 1 heterocycles. The summed E-state index contributed by atoms with van der Waals surface area (Å²) >= 11 is 0. The van der Waals surface area contributed by atoms with E-state index in [1.807, 2.05) is 0 Å². The van der Waals surface area contributed by atoms with Crippen molar-refractivity contribution in [3.05, 3.63) is 29.6 Å². The molecule has 0 bridgehead atoms. The molecule has 0 aromatic heterocycles. The van der Waals surface area contributed by atoms with Crippen LogP contribution in [0.1, 0.15) is 25.8 Å². The molecule has 1 aliphatic heterocycles. The lowest BCUT2D eigenvalue weighted by atomic mass is 10.1. The third-order valence-electron chi connectivity index (χ3n) is 3.75. The van der Waals surface area contributed by atoms with Crippen LogP contribution in [0, 0.1) is 12.7 Å². The van der Waals surface area contributed by atoms with Crippen molar-refractivity contribution in [2.75, 3.05) is 18.0 Å². The van der Waals surface area contributed by atoms with Gasteiger partial charge in [0.25, 0.3) is 0 Å². The Morgan fingerprint density at radius 2 is 2.10 bits per heavy atom. The molecule has 1 aliphatic rings. The van der Waals surface area contributed by atoms with Gasteiger partial charge in [0.05, 0.1) is 0 Å². The van der Waals surface area contributed by atoms with Gasteiger partial charge in [0, 0.05) is 25.2 Å². The first-order chi connectivity index (χ1) is 9.45. The average molecular weight is 278 g/mol. The maximum atomic E-state index is 13.6. The van der Waals surface area contributed by atoms with Gasteiger partial charge in [-0.2, -0.15) is 0 Å². The number of rotatable bonds is 2. The second-order valence-corrected chi connectivity index (χ2v) is 5.04. The van der Waals surface area contributed by atoms with Crippen molar-refractivity contribution in [1.29, 1.82) is 0 Å². The standard InChI is InChI=1S/C15H19FN2O2/c1-4-14(19)17-7-8-18(15(20)11(17)3)12-6-5-10(2)13(16)9-12/h5-6,9,11H,4,7-8H2,1-3H3/t11-/m0/s1. The van der Waals surface area contributed by atoms with Crippen molar-refractivity contribution in [3.8, 4) is 0 Å². The van der Waals surface area contributed by atoms with Crippen molar-refractivity contribution in [2.24, 2.45) is 0 Å². The van der Waals surface area contributed by atoms with E-state index in [4.69, 9.17) is 0 Å².